The highest BCUT2D eigenvalue weighted by Crippen LogP contribution is 2.36. The molecule has 7 heteroatoms. The van der Waals surface area contributed by atoms with E-state index >= 15 is 0 Å². The lowest BCUT2D eigenvalue weighted by Crippen LogP contribution is -2.41. The van der Waals surface area contributed by atoms with Gasteiger partial charge in [0.05, 0.1) is 8.95 Å². The summed E-state index contributed by atoms with van der Waals surface area (Å²) >= 11 is 9.16. The highest BCUT2D eigenvalue weighted by atomic mass is 79.9. The van der Waals surface area contributed by atoms with Crippen LogP contribution in [-0.2, 0) is 0 Å². The van der Waals surface area contributed by atoms with Crippen molar-refractivity contribution in [2.75, 3.05) is 0 Å². The third-order valence-corrected chi connectivity index (χ3v) is 4.61. The van der Waals surface area contributed by atoms with Crippen molar-refractivity contribution in [3.63, 3.8) is 0 Å². The Bertz CT molecular complexity index is 313. The molecule has 3 nitrogen and oxygen atoms in total. The van der Waals surface area contributed by atoms with Crippen LogP contribution in [-0.4, -0.2) is 0 Å². The van der Waals surface area contributed by atoms with Gasteiger partial charge in [-0.25, -0.2) is 0 Å². The fraction of sp³-hybridized carbons (Fsp3) is 0. The Morgan fingerprint density at radius 1 is 0.923 bits per heavy atom. The maximum atomic E-state index is 10.8. The second-order valence-electron chi connectivity index (χ2n) is 2.22. The Kier molecular flexibility index (Phi) is 3.91. The van der Waals surface area contributed by atoms with Crippen molar-refractivity contribution in [1.29, 1.82) is 0 Å². The highest BCUT2D eigenvalue weighted by Gasteiger charge is 2.14. The van der Waals surface area contributed by atoms with E-state index in [1.807, 2.05) is 0 Å². The van der Waals surface area contributed by atoms with Crippen LogP contribution in [0.3, 0.4) is 0 Å². The lowest BCUT2D eigenvalue weighted by molar-refractivity contribution is -0.421. The largest absolute Gasteiger partial charge is 0.683 e. The van der Waals surface area contributed by atoms with Crippen molar-refractivity contribution in [1.82, 2.24) is 0 Å². The zero-order valence-electron chi connectivity index (χ0n) is 5.96. The maximum Gasteiger partial charge on any atom is 0.105 e. The Morgan fingerprint density at radius 3 is 1.62 bits per heavy atom. The Morgan fingerprint density at radius 2 is 1.31 bits per heavy atom. The zero-order chi connectivity index (χ0) is 10.2. The molecule has 0 aromatic heterocycles. The van der Waals surface area contributed by atoms with E-state index in [1.54, 1.807) is 0 Å². The van der Waals surface area contributed by atoms with Gasteiger partial charge in [-0.05, 0) is 44.0 Å². The van der Waals surface area contributed by atoms with Crippen LogP contribution in [0.25, 0.3) is 0 Å². The molecule has 0 aliphatic heterocycles. The predicted molar refractivity (Wildman–Crippen MR) is 56.1 cm³/mol. The zero-order valence-corrected chi connectivity index (χ0v) is 11.6. The Balaban J connectivity index is 3.38. The summed E-state index contributed by atoms with van der Waals surface area (Å²) in [4.78, 5) is 32.3. The molecular formula is C6H2Br3O3P-2. The van der Waals surface area contributed by atoms with Crippen LogP contribution in [0, 0.1) is 0 Å². The smallest absolute Gasteiger partial charge is 0.105 e. The predicted octanol–water partition coefficient (Wildman–Crippen LogP) is 0.443. The minimum absolute atomic E-state index is 0.252. The topological polar surface area (TPSA) is 69.2 Å². The molecule has 0 N–H and O–H groups in total. The second kappa shape index (κ2) is 4.23. The average molecular weight is 393 g/mol. The normalized spacial score (nSPS) is 11.8. The molecule has 0 bridgehead atoms. The molecule has 0 saturated carbocycles. The van der Waals surface area contributed by atoms with Crippen LogP contribution in [0.1, 0.15) is 0 Å². The van der Waals surface area contributed by atoms with Gasteiger partial charge in [0, 0.05) is 4.47 Å². The molecule has 0 spiro atoms. The lowest BCUT2D eigenvalue weighted by atomic mass is 10.4. The molecule has 72 valence electrons. The lowest BCUT2D eigenvalue weighted by Gasteiger charge is -2.42. The van der Waals surface area contributed by atoms with Gasteiger partial charge in [-0.2, -0.15) is 0 Å². The van der Waals surface area contributed by atoms with Gasteiger partial charge < -0.3 is 14.7 Å². The van der Waals surface area contributed by atoms with Crippen LogP contribution in [0.15, 0.2) is 25.6 Å². The van der Waals surface area contributed by atoms with Crippen LogP contribution >= 0.6 is 55.7 Å². The minimum Gasteiger partial charge on any atom is -0.683 e. The monoisotopic (exact) mass is 390 g/mol. The molecule has 1 aromatic rings. The van der Waals surface area contributed by atoms with E-state index in [1.165, 1.54) is 12.1 Å². The van der Waals surface area contributed by atoms with Crippen LogP contribution < -0.4 is 20.0 Å². The third-order valence-electron chi connectivity index (χ3n) is 1.26. The number of rotatable bonds is 1. The first-order chi connectivity index (χ1) is 5.82. The molecule has 0 aliphatic carbocycles. The Hall–Kier alpha value is 0.970. The fourth-order valence-corrected chi connectivity index (χ4v) is 5.01. The standard InChI is InChI=1S/C6H4Br3O3P/c7-3-1-4(8)6(5(9)2-3)13(10,11)12/h1-2H,(H2,10,11,12)/p-2. The summed E-state index contributed by atoms with van der Waals surface area (Å²) in [6.07, 6.45) is 0. The van der Waals surface area contributed by atoms with Gasteiger partial charge in [-0.15, -0.1) is 7.94 Å². The molecule has 0 amide bonds. The molecular weight excluding hydrogens is 391 g/mol. The summed E-state index contributed by atoms with van der Waals surface area (Å²) < 4.78 is 1.19. The number of hydrogen-bond acceptors (Lipinski definition) is 3. The molecule has 1 rings (SSSR count). The van der Waals surface area contributed by atoms with Crippen molar-refractivity contribution >= 4 is 61.0 Å². The summed E-state index contributed by atoms with van der Waals surface area (Å²) in [5.74, 6) is 0. The van der Waals surface area contributed by atoms with Gasteiger partial charge in [-0.1, -0.05) is 15.9 Å². The van der Waals surface area contributed by atoms with Crippen molar-refractivity contribution in [3.05, 3.63) is 25.6 Å². The molecule has 13 heavy (non-hydrogen) atoms. The van der Waals surface area contributed by atoms with E-state index < -0.39 is 7.94 Å². The molecule has 0 aliphatic rings. The van der Waals surface area contributed by atoms with Gasteiger partial charge in [0.25, 0.3) is 0 Å². The second-order valence-corrected chi connectivity index (χ2v) is 6.28. The summed E-state index contributed by atoms with van der Waals surface area (Å²) in [6.45, 7) is 0. The SMILES string of the molecule is [O-][P+]([O-])([O-])c1c(Br)cc(Br)cc1Br. The molecule has 0 fully saturated rings. The number of benzene rings is 1. The maximum absolute atomic E-state index is 10.8. The van der Waals surface area contributed by atoms with Gasteiger partial charge in [0.15, 0.2) is 0 Å². The average Bonchev–Trinajstić information content (AvgIpc) is 1.78. The summed E-state index contributed by atoms with van der Waals surface area (Å²) in [5.41, 5.74) is 0. The van der Waals surface area contributed by atoms with Gasteiger partial charge in [-0.3, -0.25) is 0 Å². The third kappa shape index (κ3) is 2.96. The molecule has 0 radical (unpaired) electrons. The Labute approximate surface area is 101 Å². The highest BCUT2D eigenvalue weighted by molar-refractivity contribution is 9.11. The quantitative estimate of drug-likeness (QED) is 0.651. The van der Waals surface area contributed by atoms with Gasteiger partial charge in [0.1, 0.15) is 5.30 Å². The van der Waals surface area contributed by atoms with Crippen LogP contribution in [0.4, 0.5) is 0 Å². The van der Waals surface area contributed by atoms with E-state index in [2.05, 4.69) is 47.8 Å². The number of halogens is 3. The van der Waals surface area contributed by atoms with Gasteiger partial charge in [0.2, 0.25) is 0 Å². The first-order valence-electron chi connectivity index (χ1n) is 2.99. The number of hydrogen-bond donors (Lipinski definition) is 0. The molecule has 0 atom stereocenters. The van der Waals surface area contributed by atoms with E-state index in [9.17, 15) is 14.7 Å². The minimum atomic E-state index is -4.73. The van der Waals surface area contributed by atoms with Crippen molar-refractivity contribution in [2.45, 2.75) is 0 Å². The van der Waals surface area contributed by atoms with E-state index in [-0.39, 0.29) is 14.2 Å². The van der Waals surface area contributed by atoms with Crippen molar-refractivity contribution in [2.24, 2.45) is 0 Å². The van der Waals surface area contributed by atoms with Gasteiger partial charge >= 0.3 is 0 Å². The summed E-state index contributed by atoms with van der Waals surface area (Å²) in [5, 5.41) is -0.254. The molecule has 0 heterocycles. The van der Waals surface area contributed by atoms with E-state index in [4.69, 9.17) is 0 Å². The van der Waals surface area contributed by atoms with Crippen LogP contribution in [0.2, 0.25) is 0 Å². The van der Waals surface area contributed by atoms with E-state index in [0.29, 0.717) is 4.47 Å². The molecule has 0 unspecified atom stereocenters. The summed E-state index contributed by atoms with van der Waals surface area (Å²) in [7, 11) is -4.73. The summed E-state index contributed by atoms with van der Waals surface area (Å²) in [6, 6.07) is 3.01. The first kappa shape index (κ1) is 12.0. The fourth-order valence-electron chi connectivity index (χ4n) is 0.796. The van der Waals surface area contributed by atoms with Crippen molar-refractivity contribution < 1.29 is 14.7 Å². The van der Waals surface area contributed by atoms with Crippen LogP contribution in [0.5, 0.6) is 0 Å². The van der Waals surface area contributed by atoms with Crippen molar-refractivity contribution in [3.8, 4) is 0 Å². The molecule has 1 aromatic carbocycles. The molecule has 0 saturated heterocycles. The first-order valence-corrected chi connectivity index (χ1v) is 6.91. The van der Waals surface area contributed by atoms with E-state index in [0.717, 1.165) is 0 Å².